The molecule has 0 aliphatic carbocycles. The summed E-state index contributed by atoms with van der Waals surface area (Å²) in [5, 5.41) is 18.8. The monoisotopic (exact) mass is 382 g/mol. The van der Waals surface area contributed by atoms with Crippen molar-refractivity contribution >= 4 is 34.1 Å². The second kappa shape index (κ2) is 7.52. The van der Waals surface area contributed by atoms with Crippen molar-refractivity contribution in [1.82, 2.24) is 9.55 Å². The van der Waals surface area contributed by atoms with Crippen LogP contribution in [0.5, 0.6) is 0 Å². The zero-order valence-corrected chi connectivity index (χ0v) is 15.8. The molecule has 0 fully saturated rings. The van der Waals surface area contributed by atoms with Crippen molar-refractivity contribution in [2.45, 2.75) is 4.90 Å². The molecule has 0 bridgehead atoms. The molecule has 1 aromatic heterocycles. The zero-order valence-electron chi connectivity index (χ0n) is 14.9. The summed E-state index contributed by atoms with van der Waals surface area (Å²) in [6.07, 6.45) is 6.55. The number of rotatable bonds is 5. The summed E-state index contributed by atoms with van der Waals surface area (Å²) < 4.78 is 25.3. The van der Waals surface area contributed by atoms with Gasteiger partial charge in [-0.05, 0) is 34.8 Å². The average molecular weight is 382 g/mol. The van der Waals surface area contributed by atoms with Crippen LogP contribution in [-0.2, 0) is 16.9 Å². The lowest BCUT2D eigenvalue weighted by Crippen LogP contribution is -2.29. The molecule has 0 saturated heterocycles. The minimum Gasteiger partial charge on any atom is -0.423 e. The highest BCUT2D eigenvalue weighted by Gasteiger charge is 2.14. The maximum absolute atomic E-state index is 11.7. The van der Waals surface area contributed by atoms with Crippen LogP contribution in [0.15, 0.2) is 65.8 Å². The first kappa shape index (κ1) is 19.1. The maximum atomic E-state index is 11.7. The van der Waals surface area contributed by atoms with Crippen LogP contribution in [0.2, 0.25) is 0 Å². The first-order valence-corrected chi connectivity index (χ1v) is 10.1. The largest absolute Gasteiger partial charge is 0.488 e. The second-order valence-electron chi connectivity index (χ2n) is 6.26. The summed E-state index contributed by atoms with van der Waals surface area (Å²) in [5.74, 6) is 0.706. The number of benzene rings is 2. The minimum atomic E-state index is -3.28. The van der Waals surface area contributed by atoms with Crippen molar-refractivity contribution in [2.24, 2.45) is 7.05 Å². The number of hydrogen-bond donors (Lipinski definition) is 2. The molecule has 3 aromatic rings. The highest BCUT2D eigenvalue weighted by atomic mass is 32.2. The molecule has 1 heterocycles. The van der Waals surface area contributed by atoms with E-state index in [1.165, 1.54) is 6.26 Å². The molecule has 2 N–H and O–H groups in total. The smallest absolute Gasteiger partial charge is 0.423 e. The van der Waals surface area contributed by atoms with Gasteiger partial charge in [-0.3, -0.25) is 0 Å². The molecule has 0 aliphatic rings. The molecule has 27 heavy (non-hydrogen) atoms. The molecule has 0 unspecified atom stereocenters. The second-order valence-corrected chi connectivity index (χ2v) is 8.28. The Hall–Kier alpha value is -2.68. The van der Waals surface area contributed by atoms with Gasteiger partial charge in [0, 0.05) is 31.3 Å². The number of nitrogens with zero attached hydrogens (tertiary/aromatic N) is 2. The third kappa shape index (κ3) is 4.36. The van der Waals surface area contributed by atoms with Crippen LogP contribution in [0.1, 0.15) is 17.0 Å². The minimum absolute atomic E-state index is 0.246. The molecule has 0 atom stereocenters. The summed E-state index contributed by atoms with van der Waals surface area (Å²) >= 11 is 0. The number of aryl methyl sites for hydroxylation is 1. The summed E-state index contributed by atoms with van der Waals surface area (Å²) in [5.41, 5.74) is 2.74. The molecule has 3 rings (SSSR count). The van der Waals surface area contributed by atoms with E-state index in [0.717, 1.165) is 16.7 Å². The van der Waals surface area contributed by atoms with Crippen LogP contribution in [0.25, 0.3) is 11.6 Å². The van der Waals surface area contributed by atoms with E-state index in [-0.39, 0.29) is 4.90 Å². The van der Waals surface area contributed by atoms with Crippen LogP contribution in [0.4, 0.5) is 0 Å². The molecular weight excluding hydrogens is 363 g/mol. The van der Waals surface area contributed by atoms with Crippen molar-refractivity contribution in [3.05, 3.63) is 77.9 Å². The third-order valence-corrected chi connectivity index (χ3v) is 5.30. The van der Waals surface area contributed by atoms with Crippen LogP contribution < -0.4 is 5.46 Å². The number of imidazole rings is 1. The Morgan fingerprint density at radius 2 is 1.85 bits per heavy atom. The van der Waals surface area contributed by atoms with E-state index in [9.17, 15) is 18.5 Å². The van der Waals surface area contributed by atoms with Gasteiger partial charge in [0.15, 0.2) is 9.84 Å². The Labute approximate surface area is 158 Å². The fourth-order valence-electron chi connectivity index (χ4n) is 2.76. The zero-order chi connectivity index (χ0) is 19.6. The topological polar surface area (TPSA) is 92.4 Å². The summed E-state index contributed by atoms with van der Waals surface area (Å²) in [6.45, 7) is 0. The van der Waals surface area contributed by atoms with Gasteiger partial charge in [0.1, 0.15) is 5.82 Å². The molecule has 138 valence electrons. The van der Waals surface area contributed by atoms with Gasteiger partial charge in [-0.1, -0.05) is 36.4 Å². The van der Waals surface area contributed by atoms with E-state index in [4.69, 9.17) is 0 Å². The lowest BCUT2D eigenvalue weighted by atomic mass is 9.79. The van der Waals surface area contributed by atoms with Crippen molar-refractivity contribution < 1.29 is 18.5 Å². The van der Waals surface area contributed by atoms with E-state index >= 15 is 0 Å². The number of sulfone groups is 1. The van der Waals surface area contributed by atoms with Gasteiger partial charge in [-0.2, -0.15) is 0 Å². The molecule has 0 amide bonds. The normalized spacial score (nSPS) is 12.2. The molecule has 2 aromatic carbocycles. The van der Waals surface area contributed by atoms with Gasteiger partial charge >= 0.3 is 7.12 Å². The van der Waals surface area contributed by atoms with Crippen LogP contribution in [-0.4, -0.2) is 41.4 Å². The molecule has 0 aliphatic heterocycles. The molecule has 0 saturated carbocycles. The Bertz CT molecular complexity index is 1090. The summed E-state index contributed by atoms with van der Waals surface area (Å²) in [6, 6.07) is 13.5. The van der Waals surface area contributed by atoms with Crippen molar-refractivity contribution in [1.29, 1.82) is 0 Å². The van der Waals surface area contributed by atoms with Crippen LogP contribution in [0.3, 0.4) is 0 Å². The van der Waals surface area contributed by atoms with Gasteiger partial charge in [0.05, 0.1) is 4.90 Å². The molecule has 8 heteroatoms. The SMILES string of the molecule is Cn1ccnc1/C(=C/c1cccc(B(O)O)c1)c1ccc(S(C)(=O)=O)cc1. The van der Waals surface area contributed by atoms with Gasteiger partial charge < -0.3 is 14.6 Å². The Morgan fingerprint density at radius 1 is 1.15 bits per heavy atom. The molecule has 6 nitrogen and oxygen atoms in total. The van der Waals surface area contributed by atoms with Crippen molar-refractivity contribution in [2.75, 3.05) is 6.26 Å². The van der Waals surface area contributed by atoms with E-state index in [0.29, 0.717) is 11.3 Å². The quantitative estimate of drug-likeness (QED) is 0.509. The highest BCUT2D eigenvalue weighted by molar-refractivity contribution is 7.90. The summed E-state index contributed by atoms with van der Waals surface area (Å²) in [7, 11) is -2.96. The third-order valence-electron chi connectivity index (χ3n) is 4.18. The standard InChI is InChI=1S/C19H19BN2O4S/c1-22-11-10-21-19(22)18(13-14-4-3-5-16(12-14)20(23)24)15-6-8-17(9-7-15)27(2,25)26/h3-13,23-24H,1-2H3/b18-13+. The Kier molecular flexibility index (Phi) is 5.32. The molecular formula is C19H19BN2O4S. The fourth-order valence-corrected chi connectivity index (χ4v) is 3.39. The predicted molar refractivity (Wildman–Crippen MR) is 106 cm³/mol. The first-order chi connectivity index (χ1) is 12.8. The number of hydrogen-bond acceptors (Lipinski definition) is 5. The average Bonchev–Trinajstić information content (AvgIpc) is 3.05. The van der Waals surface area contributed by atoms with Crippen molar-refractivity contribution in [3.63, 3.8) is 0 Å². The molecule has 0 radical (unpaired) electrons. The first-order valence-electron chi connectivity index (χ1n) is 8.22. The van der Waals surface area contributed by atoms with Crippen molar-refractivity contribution in [3.8, 4) is 0 Å². The van der Waals surface area contributed by atoms with E-state index in [1.807, 2.05) is 30.0 Å². The van der Waals surface area contributed by atoms with Gasteiger partial charge in [0.25, 0.3) is 0 Å². The number of aromatic nitrogens is 2. The Balaban J connectivity index is 2.13. The fraction of sp³-hybridized carbons (Fsp3) is 0.105. The van der Waals surface area contributed by atoms with E-state index in [1.54, 1.807) is 48.7 Å². The summed E-state index contributed by atoms with van der Waals surface area (Å²) in [4.78, 5) is 4.64. The van der Waals surface area contributed by atoms with Gasteiger partial charge in [-0.25, -0.2) is 13.4 Å². The van der Waals surface area contributed by atoms with Crippen LogP contribution >= 0.6 is 0 Å². The van der Waals surface area contributed by atoms with E-state index < -0.39 is 17.0 Å². The van der Waals surface area contributed by atoms with Crippen LogP contribution in [0, 0.1) is 0 Å². The molecule has 0 spiro atoms. The van der Waals surface area contributed by atoms with Gasteiger partial charge in [0.2, 0.25) is 0 Å². The van der Waals surface area contributed by atoms with Gasteiger partial charge in [-0.15, -0.1) is 0 Å². The highest BCUT2D eigenvalue weighted by Crippen LogP contribution is 2.25. The maximum Gasteiger partial charge on any atom is 0.488 e. The van der Waals surface area contributed by atoms with E-state index in [2.05, 4.69) is 4.98 Å². The Morgan fingerprint density at radius 3 is 2.41 bits per heavy atom. The lowest BCUT2D eigenvalue weighted by Gasteiger charge is -2.10. The predicted octanol–water partition coefficient (Wildman–Crippen LogP) is 1.09. The lowest BCUT2D eigenvalue weighted by molar-refractivity contribution is 0.426.